The predicted molar refractivity (Wildman–Crippen MR) is 122 cm³/mol. The number of halogens is 2. The van der Waals surface area contributed by atoms with E-state index in [0.29, 0.717) is 40.6 Å². The van der Waals surface area contributed by atoms with Crippen LogP contribution in [0.15, 0.2) is 16.7 Å². The molecule has 2 aliphatic rings. The Morgan fingerprint density at radius 3 is 2.61 bits per heavy atom. The van der Waals surface area contributed by atoms with Gasteiger partial charge >= 0.3 is 0 Å². The number of rotatable bonds is 6. The van der Waals surface area contributed by atoms with Crippen molar-refractivity contribution in [2.45, 2.75) is 51.6 Å². The molecule has 33 heavy (non-hydrogen) atoms. The second-order valence-electron chi connectivity index (χ2n) is 8.98. The van der Waals surface area contributed by atoms with Crippen LogP contribution in [0.1, 0.15) is 36.2 Å². The van der Waals surface area contributed by atoms with Gasteiger partial charge in [-0.05, 0) is 56.4 Å². The van der Waals surface area contributed by atoms with Crippen molar-refractivity contribution in [1.82, 2.24) is 20.4 Å². The summed E-state index contributed by atoms with van der Waals surface area (Å²) in [5, 5.41) is 8.30. The number of hydrogen-bond acceptors (Lipinski definition) is 7. The average Bonchev–Trinajstić information content (AvgIpc) is 3.47. The lowest BCUT2D eigenvalue weighted by Crippen LogP contribution is -2.46. The first-order valence-corrected chi connectivity index (χ1v) is 11.6. The second-order valence-corrected chi connectivity index (χ2v) is 8.98. The number of aryl methyl sites for hydroxylation is 3. The minimum Gasteiger partial charge on any atom is -0.380 e. The predicted octanol–water partition coefficient (Wildman–Crippen LogP) is 3.90. The molecule has 9 heteroatoms. The number of aromatic nitrogens is 3. The van der Waals surface area contributed by atoms with Crippen molar-refractivity contribution < 1.29 is 18.0 Å². The number of piperidine rings is 1. The number of pyridine rings is 1. The Labute approximate surface area is 191 Å². The Balaban J connectivity index is 1.52. The number of fused-ring (bicyclic) bond motifs is 1. The van der Waals surface area contributed by atoms with Crippen molar-refractivity contribution in [2.75, 3.05) is 37.9 Å². The fraction of sp³-hybridized carbons (Fsp3) is 0.542. The first kappa shape index (κ1) is 22.2. The van der Waals surface area contributed by atoms with Crippen LogP contribution in [0.2, 0.25) is 0 Å². The summed E-state index contributed by atoms with van der Waals surface area (Å²) in [4.78, 5) is 11.4. The lowest BCUT2D eigenvalue weighted by Gasteiger charge is -2.35. The summed E-state index contributed by atoms with van der Waals surface area (Å²) in [5.74, 6) is 1.11. The molecule has 1 N–H and O–H groups in total. The van der Waals surface area contributed by atoms with Crippen molar-refractivity contribution in [2.24, 2.45) is 0 Å². The number of benzene rings is 1. The highest BCUT2D eigenvalue weighted by Gasteiger charge is 2.29. The molecule has 0 unspecified atom stereocenters. The Hall–Kier alpha value is -2.65. The summed E-state index contributed by atoms with van der Waals surface area (Å²) in [6.45, 7) is 6.30. The van der Waals surface area contributed by atoms with E-state index in [2.05, 4.69) is 20.4 Å². The molecule has 0 amide bonds. The van der Waals surface area contributed by atoms with Crippen molar-refractivity contribution in [3.8, 4) is 11.5 Å². The highest BCUT2D eigenvalue weighted by atomic mass is 19.1. The molecule has 0 bridgehead atoms. The molecule has 0 radical (unpaired) electrons. The highest BCUT2D eigenvalue weighted by Crippen LogP contribution is 2.38. The number of ether oxygens (including phenoxy) is 1. The molecule has 2 aliphatic heterocycles. The molecular weight excluding hydrogens is 428 g/mol. The van der Waals surface area contributed by atoms with Gasteiger partial charge in [-0.2, -0.15) is 4.98 Å². The molecule has 0 aliphatic carbocycles. The van der Waals surface area contributed by atoms with Gasteiger partial charge < -0.3 is 19.5 Å². The highest BCUT2D eigenvalue weighted by molar-refractivity contribution is 5.93. The Bertz CT molecular complexity index is 1140. The Morgan fingerprint density at radius 1 is 1.12 bits per heavy atom. The van der Waals surface area contributed by atoms with Crippen LogP contribution in [0.5, 0.6) is 0 Å². The van der Waals surface area contributed by atoms with Crippen LogP contribution >= 0.6 is 0 Å². The van der Waals surface area contributed by atoms with Crippen molar-refractivity contribution in [1.29, 1.82) is 0 Å². The van der Waals surface area contributed by atoms with Gasteiger partial charge in [0.05, 0.1) is 18.8 Å². The monoisotopic (exact) mass is 457 g/mol. The zero-order valence-corrected chi connectivity index (χ0v) is 19.0. The van der Waals surface area contributed by atoms with Crippen LogP contribution in [-0.2, 0) is 11.2 Å². The van der Waals surface area contributed by atoms with Gasteiger partial charge in [0.15, 0.2) is 5.82 Å². The molecule has 5 rings (SSSR count). The van der Waals surface area contributed by atoms with E-state index in [9.17, 15) is 4.39 Å². The van der Waals surface area contributed by atoms with Crippen molar-refractivity contribution in [3.05, 3.63) is 34.9 Å². The minimum absolute atomic E-state index is 0.162. The second kappa shape index (κ2) is 9.30. The number of nitrogens with one attached hydrogen (secondary N) is 1. The topological polar surface area (TPSA) is 76.3 Å². The molecule has 7 nitrogen and oxygen atoms in total. The molecule has 1 aromatic carbocycles. The lowest BCUT2D eigenvalue weighted by atomic mass is 9.98. The van der Waals surface area contributed by atoms with Gasteiger partial charge in [-0.25, -0.2) is 9.37 Å². The van der Waals surface area contributed by atoms with Crippen LogP contribution in [0.4, 0.5) is 14.6 Å². The lowest BCUT2D eigenvalue weighted by molar-refractivity contribution is 0.186. The molecular formula is C24H29F2N5O2. The zero-order valence-electron chi connectivity index (χ0n) is 19.0. The van der Waals surface area contributed by atoms with Gasteiger partial charge in [-0.15, -0.1) is 0 Å². The third kappa shape index (κ3) is 4.44. The minimum atomic E-state index is -0.540. The van der Waals surface area contributed by atoms with Gasteiger partial charge in [0.2, 0.25) is 0 Å². The maximum absolute atomic E-state index is 15.0. The van der Waals surface area contributed by atoms with Crippen molar-refractivity contribution in [3.63, 3.8) is 0 Å². The standard InChI is InChI=1S/C24H29F2N5O2/c1-14-19-11-16(3-7-25)12-20(26)22(19)29-23(21(14)24-27-15(2)30-33-24)31-8-4-17(5-9-31)28-18-6-10-32-13-18/h11-12,17-18,28H,3-10,13H2,1-2H3/t18-/m0/s1. The molecule has 0 saturated carbocycles. The molecule has 3 aromatic rings. The fourth-order valence-corrected chi connectivity index (χ4v) is 4.91. The van der Waals surface area contributed by atoms with E-state index in [1.807, 2.05) is 13.0 Å². The third-order valence-corrected chi connectivity index (χ3v) is 6.66. The van der Waals surface area contributed by atoms with Gasteiger partial charge in [-0.3, -0.25) is 4.39 Å². The van der Waals surface area contributed by atoms with E-state index in [0.717, 1.165) is 56.7 Å². The summed E-state index contributed by atoms with van der Waals surface area (Å²) < 4.78 is 39.0. The molecule has 2 fully saturated rings. The SMILES string of the molecule is Cc1noc(-c2c(N3CCC(N[C@H]4CCOC4)CC3)nc3c(F)cc(CCF)cc3c2C)n1. The maximum Gasteiger partial charge on any atom is 0.261 e. The maximum atomic E-state index is 15.0. The van der Waals surface area contributed by atoms with Crippen LogP contribution in [0, 0.1) is 19.7 Å². The zero-order chi connectivity index (χ0) is 22.9. The van der Waals surface area contributed by atoms with E-state index >= 15 is 4.39 Å². The van der Waals surface area contributed by atoms with E-state index in [1.165, 1.54) is 6.07 Å². The van der Waals surface area contributed by atoms with Gasteiger partial charge in [-0.1, -0.05) is 5.16 Å². The van der Waals surface area contributed by atoms with Crippen molar-refractivity contribution >= 4 is 16.7 Å². The summed E-state index contributed by atoms with van der Waals surface area (Å²) in [7, 11) is 0. The summed E-state index contributed by atoms with van der Waals surface area (Å²) in [5.41, 5.74) is 2.42. The molecule has 2 aromatic heterocycles. The van der Waals surface area contributed by atoms with Crippen LogP contribution in [-0.4, -0.2) is 60.2 Å². The summed E-state index contributed by atoms with van der Waals surface area (Å²) >= 11 is 0. The van der Waals surface area contributed by atoms with E-state index < -0.39 is 12.5 Å². The Morgan fingerprint density at radius 2 is 1.94 bits per heavy atom. The summed E-state index contributed by atoms with van der Waals surface area (Å²) in [6, 6.07) is 4.04. The van der Waals surface area contributed by atoms with E-state index in [4.69, 9.17) is 14.2 Å². The average molecular weight is 458 g/mol. The Kier molecular flexibility index (Phi) is 6.25. The van der Waals surface area contributed by atoms with E-state index in [-0.39, 0.29) is 11.9 Å². The summed E-state index contributed by atoms with van der Waals surface area (Å²) in [6.07, 6.45) is 3.12. The van der Waals surface area contributed by atoms with Gasteiger partial charge in [0.25, 0.3) is 5.89 Å². The first-order valence-electron chi connectivity index (χ1n) is 11.6. The molecule has 1 atom stereocenters. The molecule has 0 spiro atoms. The van der Waals surface area contributed by atoms with Gasteiger partial charge in [0.1, 0.15) is 17.2 Å². The van der Waals surface area contributed by atoms with E-state index in [1.54, 1.807) is 6.92 Å². The van der Waals surface area contributed by atoms with Crippen LogP contribution in [0.3, 0.4) is 0 Å². The van der Waals surface area contributed by atoms with Crippen LogP contribution < -0.4 is 10.2 Å². The van der Waals surface area contributed by atoms with Crippen LogP contribution in [0.25, 0.3) is 22.4 Å². The first-order chi connectivity index (χ1) is 16.0. The number of alkyl halides is 1. The quantitative estimate of drug-likeness (QED) is 0.602. The molecule has 4 heterocycles. The third-order valence-electron chi connectivity index (χ3n) is 6.66. The molecule has 2 saturated heterocycles. The smallest absolute Gasteiger partial charge is 0.261 e. The normalized spacial score (nSPS) is 19.6. The largest absolute Gasteiger partial charge is 0.380 e. The number of nitrogens with zero attached hydrogens (tertiary/aromatic N) is 4. The molecule has 176 valence electrons. The number of anilines is 1. The fourth-order valence-electron chi connectivity index (χ4n) is 4.91. The number of hydrogen-bond donors (Lipinski definition) is 1. The van der Waals surface area contributed by atoms with Gasteiger partial charge in [0, 0.05) is 43.6 Å².